The average Bonchev–Trinajstić information content (AvgIpc) is 2.04. The third-order valence-corrected chi connectivity index (χ3v) is 0. The maximum absolute atomic E-state index is 7.33. The van der Waals surface area contributed by atoms with Gasteiger partial charge in [-0.15, -0.1) is 26.3 Å². The third kappa shape index (κ3) is 2630. The van der Waals surface area contributed by atoms with Gasteiger partial charge in [-0.05, 0) is 27.7 Å². The molecule has 0 heterocycles. The molecule has 0 aliphatic rings. The number of allylic oxidation sites excluding steroid dienone is 4. The van der Waals surface area contributed by atoms with Crippen LogP contribution in [0.1, 0.15) is 27.7 Å². The summed E-state index contributed by atoms with van der Waals surface area (Å²) in [4.78, 5) is 29.3. The summed E-state index contributed by atoms with van der Waals surface area (Å²) in [6.45, 7) is 21.0. The molecule has 0 saturated carbocycles. The van der Waals surface area contributed by atoms with Crippen LogP contribution in [0.5, 0.6) is 0 Å². The lowest BCUT2D eigenvalue weighted by Gasteiger charge is -1.91. The van der Waals surface area contributed by atoms with Crippen LogP contribution in [0.15, 0.2) is 50.6 Å². The highest BCUT2D eigenvalue weighted by molar-refractivity contribution is 6.46. The van der Waals surface area contributed by atoms with E-state index in [1.54, 1.807) is 24.3 Å². The Bertz CT molecular complexity index is 121. The van der Waals surface area contributed by atoms with Crippen molar-refractivity contribution in [3.05, 3.63) is 50.6 Å². The number of hydrogen-bond donors (Lipinski definition) is 4. The van der Waals surface area contributed by atoms with E-state index in [9.17, 15) is 0 Å². The minimum absolute atomic E-state index is 1.75. The van der Waals surface area contributed by atoms with Crippen molar-refractivity contribution in [1.82, 2.24) is 0 Å². The van der Waals surface area contributed by atoms with Gasteiger partial charge in [-0.3, -0.25) is 0 Å². The van der Waals surface area contributed by atoms with Crippen LogP contribution in [0.2, 0.25) is 0 Å². The lowest BCUT2D eigenvalue weighted by atomic mass is 10.8. The summed E-state index contributed by atoms with van der Waals surface area (Å²) in [6.07, 6.45) is 7.00. The summed E-state index contributed by atoms with van der Waals surface area (Å²) in [5, 5.41) is 0. The van der Waals surface area contributed by atoms with E-state index in [0.717, 1.165) is 0 Å². The van der Waals surface area contributed by atoms with Gasteiger partial charge in [0.1, 0.15) is 0 Å². The van der Waals surface area contributed by atoms with E-state index in [-0.39, 0.29) is 0 Å². The van der Waals surface area contributed by atoms with Gasteiger partial charge in [0.05, 0.1) is 0 Å². The zero-order valence-electron chi connectivity index (χ0n) is 11.4. The van der Waals surface area contributed by atoms with Gasteiger partial charge in [0.25, 0.3) is 0 Å². The van der Waals surface area contributed by atoms with Gasteiger partial charge in [-0.2, -0.15) is 0 Å². The van der Waals surface area contributed by atoms with Crippen molar-refractivity contribution < 1.29 is 19.2 Å². The topological polar surface area (TPSA) is 80.9 Å². The molecule has 0 bridgehead atoms. The van der Waals surface area contributed by atoms with Gasteiger partial charge in [0.15, 0.2) is 0 Å². The molecule has 17 heavy (non-hydrogen) atoms. The van der Waals surface area contributed by atoms with Gasteiger partial charge >= 0.3 is 9.05 Å². The maximum atomic E-state index is 7.33. The Morgan fingerprint density at radius 2 is 0.588 bits per heavy atom. The van der Waals surface area contributed by atoms with Crippen molar-refractivity contribution in [2.24, 2.45) is 0 Å². The second-order valence-corrected chi connectivity index (χ2v) is 3.43. The van der Waals surface area contributed by atoms with E-state index in [0.29, 0.717) is 0 Å². The zero-order chi connectivity index (χ0) is 15.3. The molecule has 0 aromatic heterocycles. The predicted molar refractivity (Wildman–Crippen MR) is 78.1 cm³/mol. The fraction of sp³-hybridized carbons (Fsp3) is 0.333. The summed E-state index contributed by atoms with van der Waals surface area (Å²) in [5.74, 6) is 0. The lowest BCUT2D eigenvalue weighted by molar-refractivity contribution is 0.117. The first-order valence-electron chi connectivity index (χ1n) is 4.84. The highest BCUT2D eigenvalue weighted by atomic mass is 28.4. The fourth-order valence-corrected chi connectivity index (χ4v) is 0. The first-order valence-corrected chi connectivity index (χ1v) is 6.63. The molecule has 0 aromatic carbocycles. The molecular weight excluding hydrogens is 236 g/mol. The van der Waals surface area contributed by atoms with E-state index < -0.39 is 9.05 Å². The summed E-state index contributed by atoms with van der Waals surface area (Å²) in [6, 6.07) is 0. The average molecular weight is 264 g/mol. The highest BCUT2D eigenvalue weighted by Crippen LogP contribution is 1.67. The Morgan fingerprint density at radius 3 is 0.588 bits per heavy atom. The van der Waals surface area contributed by atoms with Crippen LogP contribution in [-0.4, -0.2) is 28.2 Å². The van der Waals surface area contributed by atoms with Crippen LogP contribution < -0.4 is 0 Å². The van der Waals surface area contributed by atoms with Gasteiger partial charge in [0.2, 0.25) is 0 Å². The molecule has 5 heteroatoms. The molecule has 4 N–H and O–H groups in total. The van der Waals surface area contributed by atoms with Crippen LogP contribution in [0, 0.1) is 0 Å². The Labute approximate surface area is 107 Å². The highest BCUT2D eigenvalue weighted by Gasteiger charge is 2.22. The largest absolute Gasteiger partial charge is 0.668 e. The number of rotatable bonds is 0. The predicted octanol–water partition coefficient (Wildman–Crippen LogP) is 2.16. The minimum Gasteiger partial charge on any atom is -0.368 e. The molecule has 0 fully saturated rings. The molecule has 0 radical (unpaired) electrons. The zero-order valence-corrected chi connectivity index (χ0v) is 12.4. The summed E-state index contributed by atoms with van der Waals surface area (Å²) in [7, 11) is -4.61. The standard InChI is InChI=1S/4C3H6.H4O4Si/c4*1-3-2;1-5(2,3)4/h4*3H,1H2,2H3;1-4H. The van der Waals surface area contributed by atoms with Crippen LogP contribution in [0.4, 0.5) is 0 Å². The fourth-order valence-electron chi connectivity index (χ4n) is 0. The van der Waals surface area contributed by atoms with Crippen LogP contribution in [0.3, 0.4) is 0 Å². The van der Waals surface area contributed by atoms with Crippen LogP contribution >= 0.6 is 0 Å². The van der Waals surface area contributed by atoms with Crippen molar-refractivity contribution in [2.75, 3.05) is 0 Å². The van der Waals surface area contributed by atoms with Crippen LogP contribution in [0.25, 0.3) is 0 Å². The lowest BCUT2D eigenvalue weighted by Crippen LogP contribution is -2.33. The Morgan fingerprint density at radius 1 is 0.588 bits per heavy atom. The van der Waals surface area contributed by atoms with E-state index in [1.807, 2.05) is 27.7 Å². The van der Waals surface area contributed by atoms with Gasteiger partial charge < -0.3 is 19.2 Å². The molecule has 0 aliphatic heterocycles. The first-order chi connectivity index (χ1) is 7.66. The molecule has 0 rings (SSSR count). The smallest absolute Gasteiger partial charge is 0.368 e. The summed E-state index contributed by atoms with van der Waals surface area (Å²) in [5.41, 5.74) is 0. The van der Waals surface area contributed by atoms with Crippen LogP contribution in [-0.2, 0) is 0 Å². The molecule has 0 saturated heterocycles. The SMILES string of the molecule is C=CC.C=CC.C=CC.C=CC.O[Si](O)(O)O. The third-order valence-electron chi connectivity index (χ3n) is 0. The molecule has 0 amide bonds. The first kappa shape index (κ1) is 29.8. The van der Waals surface area contributed by atoms with Gasteiger partial charge in [0, 0.05) is 0 Å². The quantitative estimate of drug-likeness (QED) is 0.399. The van der Waals surface area contributed by atoms with E-state index in [2.05, 4.69) is 26.3 Å². The van der Waals surface area contributed by atoms with Crippen molar-refractivity contribution in [3.8, 4) is 0 Å². The van der Waals surface area contributed by atoms with Gasteiger partial charge in [-0.25, -0.2) is 0 Å². The second kappa shape index (κ2) is 36.3. The number of hydrogen-bond acceptors (Lipinski definition) is 4. The Hall–Kier alpha value is -0.983. The summed E-state index contributed by atoms with van der Waals surface area (Å²) >= 11 is 0. The Balaban J connectivity index is -0.0000000362. The van der Waals surface area contributed by atoms with E-state index in [4.69, 9.17) is 19.2 Å². The van der Waals surface area contributed by atoms with Crippen molar-refractivity contribution in [3.63, 3.8) is 0 Å². The molecule has 0 aromatic rings. The molecule has 4 nitrogen and oxygen atoms in total. The molecule has 0 aliphatic carbocycles. The molecule has 104 valence electrons. The molecule has 0 spiro atoms. The molecule has 0 atom stereocenters. The second-order valence-electron chi connectivity index (χ2n) is 2.23. The monoisotopic (exact) mass is 264 g/mol. The van der Waals surface area contributed by atoms with Gasteiger partial charge in [-0.1, -0.05) is 24.3 Å². The molecular formula is C12H28O4Si. The maximum Gasteiger partial charge on any atom is 0.668 e. The molecule has 0 unspecified atom stereocenters. The normalized spacial score (nSPS) is 6.59. The minimum atomic E-state index is -4.61. The van der Waals surface area contributed by atoms with Crippen molar-refractivity contribution >= 4 is 9.05 Å². The van der Waals surface area contributed by atoms with E-state index in [1.165, 1.54) is 0 Å². The van der Waals surface area contributed by atoms with Crippen molar-refractivity contribution in [1.29, 1.82) is 0 Å². The Kier molecular flexibility index (Phi) is 63.5. The van der Waals surface area contributed by atoms with E-state index >= 15 is 0 Å². The summed E-state index contributed by atoms with van der Waals surface area (Å²) < 4.78 is 0. The van der Waals surface area contributed by atoms with Crippen molar-refractivity contribution in [2.45, 2.75) is 27.7 Å².